The molecule has 0 radical (unpaired) electrons. The van der Waals surface area contributed by atoms with E-state index in [1.54, 1.807) is 19.2 Å². The molecule has 0 aromatic heterocycles. The highest BCUT2D eigenvalue weighted by Gasteiger charge is 2.29. The van der Waals surface area contributed by atoms with Gasteiger partial charge in [0.25, 0.3) is 0 Å². The number of guanidine groups is 1. The maximum absolute atomic E-state index is 13.9. The SMILES string of the molecule is CN=C(NCCc1c(F)cccc1Cl)NCC1CC(=O)N(CCc2ccccc2)C1.I. The molecular weight excluding hydrogens is 530 g/mol. The number of carbonyl (C=O) groups is 1. The average molecular weight is 559 g/mol. The molecule has 5 nitrogen and oxygen atoms in total. The summed E-state index contributed by atoms with van der Waals surface area (Å²) in [5.41, 5.74) is 1.74. The predicted octanol–water partition coefficient (Wildman–Crippen LogP) is 3.90. The van der Waals surface area contributed by atoms with Crippen LogP contribution in [-0.2, 0) is 17.6 Å². The van der Waals surface area contributed by atoms with Gasteiger partial charge in [0.2, 0.25) is 5.91 Å². The smallest absolute Gasteiger partial charge is 0.223 e. The van der Waals surface area contributed by atoms with Gasteiger partial charge in [0.05, 0.1) is 0 Å². The van der Waals surface area contributed by atoms with Gasteiger partial charge in [0.15, 0.2) is 5.96 Å². The molecule has 1 atom stereocenters. The standard InChI is InChI=1S/C23H28ClFN4O.HI/c1-26-23(27-12-10-19-20(24)8-5-9-21(19)25)28-15-18-14-22(30)29(16-18)13-11-17-6-3-2-4-7-17;/h2-9,18H,10-16H2,1H3,(H2,26,27,28);1H. The Morgan fingerprint density at radius 3 is 2.65 bits per heavy atom. The van der Waals surface area contributed by atoms with E-state index >= 15 is 0 Å². The first-order valence-corrected chi connectivity index (χ1v) is 10.6. The quantitative estimate of drug-likeness (QED) is 0.294. The van der Waals surface area contributed by atoms with Gasteiger partial charge in [0, 0.05) is 56.2 Å². The Hall–Kier alpha value is -1.87. The Morgan fingerprint density at radius 1 is 1.16 bits per heavy atom. The third-order valence-electron chi connectivity index (χ3n) is 5.32. The van der Waals surface area contributed by atoms with Crippen LogP contribution in [0.4, 0.5) is 4.39 Å². The van der Waals surface area contributed by atoms with E-state index in [-0.39, 0.29) is 41.6 Å². The fourth-order valence-corrected chi connectivity index (χ4v) is 3.91. The largest absolute Gasteiger partial charge is 0.356 e. The van der Waals surface area contributed by atoms with Gasteiger partial charge in [-0.2, -0.15) is 0 Å². The van der Waals surface area contributed by atoms with Crippen LogP contribution in [0.3, 0.4) is 0 Å². The molecule has 1 aliphatic rings. The van der Waals surface area contributed by atoms with Gasteiger partial charge in [-0.3, -0.25) is 9.79 Å². The molecule has 1 heterocycles. The number of benzene rings is 2. The van der Waals surface area contributed by atoms with Crippen molar-refractivity contribution >= 4 is 47.4 Å². The second kappa shape index (κ2) is 12.9. The Kier molecular flexibility index (Phi) is 10.5. The van der Waals surface area contributed by atoms with E-state index in [4.69, 9.17) is 11.6 Å². The Bertz CT molecular complexity index is 861. The highest BCUT2D eigenvalue weighted by Crippen LogP contribution is 2.19. The first-order valence-electron chi connectivity index (χ1n) is 10.3. The van der Waals surface area contributed by atoms with E-state index in [9.17, 15) is 9.18 Å². The number of halogens is 3. The van der Waals surface area contributed by atoms with Gasteiger partial charge in [-0.25, -0.2) is 4.39 Å². The molecule has 31 heavy (non-hydrogen) atoms. The van der Waals surface area contributed by atoms with Crippen LogP contribution in [0.1, 0.15) is 17.5 Å². The lowest BCUT2D eigenvalue weighted by Crippen LogP contribution is -2.41. The molecule has 3 rings (SSSR count). The number of likely N-dealkylation sites (tertiary alicyclic amines) is 1. The number of rotatable bonds is 8. The van der Waals surface area contributed by atoms with Crippen LogP contribution in [0.5, 0.6) is 0 Å². The molecule has 2 aromatic rings. The lowest BCUT2D eigenvalue weighted by molar-refractivity contribution is -0.127. The van der Waals surface area contributed by atoms with Crippen LogP contribution in [-0.4, -0.2) is 50.0 Å². The highest BCUT2D eigenvalue weighted by molar-refractivity contribution is 14.0. The van der Waals surface area contributed by atoms with Crippen molar-refractivity contribution in [1.82, 2.24) is 15.5 Å². The van der Waals surface area contributed by atoms with Gasteiger partial charge in [0.1, 0.15) is 5.82 Å². The van der Waals surface area contributed by atoms with E-state index < -0.39 is 0 Å². The molecule has 0 bridgehead atoms. The molecule has 1 amide bonds. The lowest BCUT2D eigenvalue weighted by Gasteiger charge is -2.18. The van der Waals surface area contributed by atoms with Crippen LogP contribution in [0.15, 0.2) is 53.5 Å². The fraction of sp³-hybridized carbons (Fsp3) is 0.391. The zero-order valence-electron chi connectivity index (χ0n) is 17.6. The zero-order chi connectivity index (χ0) is 21.3. The molecule has 1 saturated heterocycles. The molecule has 1 fully saturated rings. The molecule has 168 valence electrons. The van der Waals surface area contributed by atoms with Gasteiger partial charge in [-0.05, 0) is 30.5 Å². The normalized spacial score (nSPS) is 16.2. The number of nitrogens with zero attached hydrogens (tertiary/aromatic N) is 2. The number of nitrogens with one attached hydrogen (secondary N) is 2. The summed E-state index contributed by atoms with van der Waals surface area (Å²) >= 11 is 6.07. The fourth-order valence-electron chi connectivity index (χ4n) is 3.65. The number of amides is 1. The molecule has 0 saturated carbocycles. The van der Waals surface area contributed by atoms with Crippen LogP contribution >= 0.6 is 35.6 Å². The summed E-state index contributed by atoms with van der Waals surface area (Å²) in [6.07, 6.45) is 1.87. The van der Waals surface area contributed by atoms with E-state index in [1.807, 2.05) is 23.1 Å². The van der Waals surface area contributed by atoms with Crippen molar-refractivity contribution < 1.29 is 9.18 Å². The molecule has 1 aliphatic heterocycles. The van der Waals surface area contributed by atoms with E-state index in [0.717, 1.165) is 19.5 Å². The summed E-state index contributed by atoms with van der Waals surface area (Å²) in [5, 5.41) is 6.89. The molecule has 2 aromatic carbocycles. The zero-order valence-corrected chi connectivity index (χ0v) is 20.7. The van der Waals surface area contributed by atoms with Gasteiger partial charge < -0.3 is 15.5 Å². The number of carbonyl (C=O) groups excluding carboxylic acids is 1. The first-order chi connectivity index (χ1) is 14.6. The molecule has 1 unspecified atom stereocenters. The van der Waals surface area contributed by atoms with E-state index in [0.29, 0.717) is 42.5 Å². The Balaban J connectivity index is 0.00000341. The number of aliphatic imine (C=N–C) groups is 1. The van der Waals surface area contributed by atoms with Gasteiger partial charge in [-0.1, -0.05) is 48.0 Å². The van der Waals surface area contributed by atoms with Crippen molar-refractivity contribution in [3.05, 3.63) is 70.5 Å². The maximum Gasteiger partial charge on any atom is 0.223 e. The molecule has 0 aliphatic carbocycles. The predicted molar refractivity (Wildman–Crippen MR) is 135 cm³/mol. The first kappa shape index (κ1) is 25.4. The van der Waals surface area contributed by atoms with Gasteiger partial charge >= 0.3 is 0 Å². The lowest BCUT2D eigenvalue weighted by atomic mass is 10.1. The van der Waals surface area contributed by atoms with Crippen molar-refractivity contribution in [3.8, 4) is 0 Å². The summed E-state index contributed by atoms with van der Waals surface area (Å²) in [6, 6.07) is 14.9. The second-order valence-corrected chi connectivity index (χ2v) is 7.88. The minimum Gasteiger partial charge on any atom is -0.356 e. The van der Waals surface area contributed by atoms with Crippen molar-refractivity contribution in [1.29, 1.82) is 0 Å². The third kappa shape index (κ3) is 7.64. The van der Waals surface area contributed by atoms with Crippen LogP contribution < -0.4 is 10.6 Å². The summed E-state index contributed by atoms with van der Waals surface area (Å²) in [6.45, 7) is 2.66. The topological polar surface area (TPSA) is 56.7 Å². The summed E-state index contributed by atoms with van der Waals surface area (Å²) in [7, 11) is 1.69. The number of hydrogen-bond acceptors (Lipinski definition) is 2. The molecule has 0 spiro atoms. The van der Waals surface area contributed by atoms with Crippen LogP contribution in [0.25, 0.3) is 0 Å². The second-order valence-electron chi connectivity index (χ2n) is 7.48. The number of hydrogen-bond donors (Lipinski definition) is 2. The minimum atomic E-state index is -0.299. The van der Waals surface area contributed by atoms with E-state index in [1.165, 1.54) is 11.6 Å². The van der Waals surface area contributed by atoms with Crippen molar-refractivity contribution in [2.45, 2.75) is 19.3 Å². The molecule has 8 heteroatoms. The van der Waals surface area contributed by atoms with Crippen molar-refractivity contribution in [3.63, 3.8) is 0 Å². The van der Waals surface area contributed by atoms with Crippen molar-refractivity contribution in [2.24, 2.45) is 10.9 Å². The highest BCUT2D eigenvalue weighted by atomic mass is 127. The maximum atomic E-state index is 13.9. The Morgan fingerprint density at radius 2 is 1.94 bits per heavy atom. The molecular formula is C23H29ClFIN4O. The van der Waals surface area contributed by atoms with Crippen LogP contribution in [0, 0.1) is 11.7 Å². The minimum absolute atomic E-state index is 0. The third-order valence-corrected chi connectivity index (χ3v) is 5.67. The average Bonchev–Trinajstić information content (AvgIpc) is 3.11. The monoisotopic (exact) mass is 558 g/mol. The Labute approximate surface area is 205 Å². The van der Waals surface area contributed by atoms with E-state index in [2.05, 4.69) is 27.8 Å². The van der Waals surface area contributed by atoms with Crippen molar-refractivity contribution in [2.75, 3.05) is 33.2 Å². The summed E-state index contributed by atoms with van der Waals surface area (Å²) < 4.78 is 13.9. The molecule has 2 N–H and O–H groups in total. The summed E-state index contributed by atoms with van der Waals surface area (Å²) in [4.78, 5) is 18.5. The summed E-state index contributed by atoms with van der Waals surface area (Å²) in [5.74, 6) is 0.785. The van der Waals surface area contributed by atoms with Gasteiger partial charge in [-0.15, -0.1) is 24.0 Å². The van der Waals surface area contributed by atoms with Crippen LogP contribution in [0.2, 0.25) is 5.02 Å².